The van der Waals surface area contributed by atoms with Crippen molar-refractivity contribution in [2.45, 2.75) is 32.4 Å². The molecule has 1 unspecified atom stereocenters. The molecule has 0 radical (unpaired) electrons. The van der Waals surface area contributed by atoms with E-state index in [9.17, 15) is 4.79 Å². The number of nitrogens with zero attached hydrogens (tertiary/aromatic N) is 2. The van der Waals surface area contributed by atoms with Crippen LogP contribution in [0, 0.1) is 6.92 Å². The lowest BCUT2D eigenvalue weighted by Gasteiger charge is -2.24. The first-order valence-electron chi connectivity index (χ1n) is 6.62. The van der Waals surface area contributed by atoms with Gasteiger partial charge in [-0.05, 0) is 24.8 Å². The lowest BCUT2D eigenvalue weighted by molar-refractivity contribution is 0.0929. The monoisotopic (exact) mass is 291 g/mol. The Hall–Kier alpha value is -1.82. The summed E-state index contributed by atoms with van der Waals surface area (Å²) < 4.78 is 7.32. The minimum Gasteiger partial charge on any atom is -0.495 e. The van der Waals surface area contributed by atoms with E-state index in [1.807, 2.05) is 24.6 Å². The van der Waals surface area contributed by atoms with Crippen molar-refractivity contribution in [2.24, 2.45) is 0 Å². The summed E-state index contributed by atoms with van der Waals surface area (Å²) in [7, 11) is 1.58. The zero-order valence-electron chi connectivity index (χ0n) is 11.5. The lowest BCUT2D eigenvalue weighted by Crippen LogP contribution is -2.40. The van der Waals surface area contributed by atoms with Crippen LogP contribution >= 0.6 is 11.3 Å². The number of aromatic nitrogens is 2. The fraction of sp³-hybridized carbons (Fsp3) is 0.429. The van der Waals surface area contributed by atoms with Crippen molar-refractivity contribution in [3.05, 3.63) is 34.0 Å². The number of thiophene rings is 1. The Morgan fingerprint density at radius 2 is 2.45 bits per heavy atom. The molecule has 20 heavy (non-hydrogen) atoms. The first-order valence-corrected chi connectivity index (χ1v) is 7.50. The molecule has 1 aliphatic rings. The number of carbonyl (C=O) groups is 1. The molecule has 0 bridgehead atoms. The fourth-order valence-electron chi connectivity index (χ4n) is 2.58. The third-order valence-electron chi connectivity index (χ3n) is 3.50. The number of fused-ring (bicyclic) bond motifs is 1. The molecule has 1 aliphatic heterocycles. The summed E-state index contributed by atoms with van der Waals surface area (Å²) in [6, 6.07) is 1.97. The number of carbonyl (C=O) groups excluding carboxylic acids is 1. The highest BCUT2D eigenvalue weighted by atomic mass is 32.1. The largest absolute Gasteiger partial charge is 0.495 e. The number of amides is 1. The summed E-state index contributed by atoms with van der Waals surface area (Å²) in [5, 5.41) is 4.96. The van der Waals surface area contributed by atoms with E-state index in [1.54, 1.807) is 7.11 Å². The summed E-state index contributed by atoms with van der Waals surface area (Å²) in [4.78, 5) is 17.4. The standard InChI is InChI=1S/C14H17N3O2S/c1-9-7-17-8-10(3-4-12(17)15-9)16-14(18)13-11(19-2)5-6-20-13/h5-7,10H,3-4,8H2,1-2H3,(H,16,18). The zero-order chi connectivity index (χ0) is 14.1. The van der Waals surface area contributed by atoms with Gasteiger partial charge in [0.05, 0.1) is 12.8 Å². The maximum atomic E-state index is 12.3. The highest BCUT2D eigenvalue weighted by Crippen LogP contribution is 2.24. The van der Waals surface area contributed by atoms with Crippen LogP contribution in [0.1, 0.15) is 27.6 Å². The molecule has 106 valence electrons. The van der Waals surface area contributed by atoms with Crippen LogP contribution in [0.5, 0.6) is 5.75 Å². The van der Waals surface area contributed by atoms with Gasteiger partial charge in [-0.25, -0.2) is 4.98 Å². The fourth-order valence-corrected chi connectivity index (χ4v) is 3.34. The predicted octanol–water partition coefficient (Wildman–Crippen LogP) is 2.01. The Bertz CT molecular complexity index is 632. The molecule has 0 aromatic carbocycles. The third kappa shape index (κ3) is 2.43. The van der Waals surface area contributed by atoms with Crippen LogP contribution < -0.4 is 10.1 Å². The van der Waals surface area contributed by atoms with Crippen LogP contribution in [0.25, 0.3) is 0 Å². The summed E-state index contributed by atoms with van der Waals surface area (Å²) in [6.07, 6.45) is 3.87. The highest BCUT2D eigenvalue weighted by Gasteiger charge is 2.23. The minimum atomic E-state index is -0.0536. The summed E-state index contributed by atoms with van der Waals surface area (Å²) in [5.41, 5.74) is 1.03. The van der Waals surface area contributed by atoms with Gasteiger partial charge in [0.25, 0.3) is 5.91 Å². The first-order chi connectivity index (χ1) is 9.67. The SMILES string of the molecule is COc1ccsc1C(=O)NC1CCc2nc(C)cn2C1. The maximum absolute atomic E-state index is 12.3. The molecule has 3 heterocycles. The smallest absolute Gasteiger partial charge is 0.265 e. The van der Waals surface area contributed by atoms with Crippen molar-refractivity contribution >= 4 is 17.2 Å². The van der Waals surface area contributed by atoms with Gasteiger partial charge in [-0.3, -0.25) is 4.79 Å². The number of methoxy groups -OCH3 is 1. The molecule has 0 saturated heterocycles. The topological polar surface area (TPSA) is 56.1 Å². The summed E-state index contributed by atoms with van der Waals surface area (Å²) >= 11 is 1.40. The van der Waals surface area contributed by atoms with Crippen LogP contribution in [-0.2, 0) is 13.0 Å². The second-order valence-corrected chi connectivity index (χ2v) is 5.89. The molecular formula is C14H17N3O2S. The van der Waals surface area contributed by atoms with E-state index in [4.69, 9.17) is 4.74 Å². The van der Waals surface area contributed by atoms with Crippen molar-refractivity contribution < 1.29 is 9.53 Å². The molecule has 2 aromatic rings. The van der Waals surface area contributed by atoms with Gasteiger partial charge in [0.15, 0.2) is 0 Å². The van der Waals surface area contributed by atoms with Crippen molar-refractivity contribution in [3.8, 4) is 5.75 Å². The van der Waals surface area contributed by atoms with Crippen molar-refractivity contribution in [1.82, 2.24) is 14.9 Å². The van der Waals surface area contributed by atoms with E-state index in [2.05, 4.69) is 14.9 Å². The Balaban J connectivity index is 1.69. The van der Waals surface area contributed by atoms with Gasteiger partial charge in [-0.15, -0.1) is 11.3 Å². The number of ether oxygens (including phenoxy) is 1. The number of imidazole rings is 1. The lowest BCUT2D eigenvalue weighted by atomic mass is 10.1. The maximum Gasteiger partial charge on any atom is 0.265 e. The van der Waals surface area contributed by atoms with Crippen LogP contribution in [0.4, 0.5) is 0 Å². The van der Waals surface area contributed by atoms with E-state index in [0.29, 0.717) is 10.6 Å². The van der Waals surface area contributed by atoms with E-state index < -0.39 is 0 Å². The number of aryl methyl sites for hydroxylation is 2. The Morgan fingerprint density at radius 3 is 3.25 bits per heavy atom. The quantitative estimate of drug-likeness (QED) is 0.941. The number of hydrogen-bond donors (Lipinski definition) is 1. The molecule has 6 heteroatoms. The van der Waals surface area contributed by atoms with Gasteiger partial charge in [-0.2, -0.15) is 0 Å². The summed E-state index contributed by atoms with van der Waals surface area (Å²) in [5.74, 6) is 1.70. The predicted molar refractivity (Wildman–Crippen MR) is 77.4 cm³/mol. The second-order valence-electron chi connectivity index (χ2n) is 4.98. The van der Waals surface area contributed by atoms with Gasteiger partial charge in [0.1, 0.15) is 16.5 Å². The Kier molecular flexibility index (Phi) is 3.48. The number of rotatable bonds is 3. The van der Waals surface area contributed by atoms with Crippen LogP contribution in [0.15, 0.2) is 17.6 Å². The Morgan fingerprint density at radius 1 is 1.60 bits per heavy atom. The van der Waals surface area contributed by atoms with Crippen LogP contribution in [0.3, 0.4) is 0 Å². The molecule has 0 spiro atoms. The van der Waals surface area contributed by atoms with Crippen molar-refractivity contribution in [1.29, 1.82) is 0 Å². The third-order valence-corrected chi connectivity index (χ3v) is 4.40. The second kappa shape index (κ2) is 5.28. The average molecular weight is 291 g/mol. The Labute approximate surface area is 121 Å². The molecule has 5 nitrogen and oxygen atoms in total. The van der Waals surface area contributed by atoms with Gasteiger partial charge in [0.2, 0.25) is 0 Å². The molecule has 1 atom stereocenters. The van der Waals surface area contributed by atoms with Gasteiger partial charge < -0.3 is 14.6 Å². The van der Waals surface area contributed by atoms with Crippen molar-refractivity contribution in [2.75, 3.05) is 7.11 Å². The van der Waals surface area contributed by atoms with E-state index in [-0.39, 0.29) is 11.9 Å². The minimum absolute atomic E-state index is 0.0536. The van der Waals surface area contributed by atoms with E-state index in [1.165, 1.54) is 11.3 Å². The molecule has 0 saturated carbocycles. The molecule has 2 aromatic heterocycles. The molecule has 0 fully saturated rings. The van der Waals surface area contributed by atoms with Gasteiger partial charge in [-0.1, -0.05) is 0 Å². The molecule has 0 aliphatic carbocycles. The average Bonchev–Trinajstić information content (AvgIpc) is 3.02. The number of hydrogen-bond acceptors (Lipinski definition) is 4. The van der Waals surface area contributed by atoms with E-state index in [0.717, 1.165) is 30.9 Å². The molecule has 1 N–H and O–H groups in total. The first kappa shape index (κ1) is 13.2. The molecular weight excluding hydrogens is 274 g/mol. The van der Waals surface area contributed by atoms with E-state index >= 15 is 0 Å². The molecule has 3 rings (SSSR count). The zero-order valence-corrected chi connectivity index (χ0v) is 12.4. The van der Waals surface area contributed by atoms with Crippen LogP contribution in [0.2, 0.25) is 0 Å². The van der Waals surface area contributed by atoms with Gasteiger partial charge >= 0.3 is 0 Å². The highest BCUT2D eigenvalue weighted by molar-refractivity contribution is 7.12. The van der Waals surface area contributed by atoms with Gasteiger partial charge in [0, 0.05) is 25.2 Å². The normalized spacial score (nSPS) is 17.6. The van der Waals surface area contributed by atoms with Crippen molar-refractivity contribution in [3.63, 3.8) is 0 Å². The molecule has 1 amide bonds. The number of nitrogens with one attached hydrogen (secondary N) is 1. The van der Waals surface area contributed by atoms with Crippen LogP contribution in [-0.4, -0.2) is 28.6 Å². The summed E-state index contributed by atoms with van der Waals surface area (Å²) in [6.45, 7) is 2.78.